The Morgan fingerprint density at radius 1 is 0.460 bits per heavy atom. The van der Waals surface area contributed by atoms with Crippen LogP contribution in [-0.2, 0) is 19.2 Å². The summed E-state index contributed by atoms with van der Waals surface area (Å²) in [6.07, 6.45) is 5.40. The largest absolute Gasteiger partial charge is 0.495 e. The van der Waals surface area contributed by atoms with E-state index in [9.17, 15) is 19.2 Å². The van der Waals surface area contributed by atoms with E-state index in [1.165, 1.54) is 9.80 Å². The van der Waals surface area contributed by atoms with Crippen LogP contribution in [0.5, 0.6) is 11.5 Å². The topological polar surface area (TPSA) is 106 Å². The number of para-hydroxylation sites is 4. The highest BCUT2D eigenvalue weighted by atomic mass is 16.5. The molecule has 4 aliphatic heterocycles. The molecule has 0 spiro atoms. The van der Waals surface area contributed by atoms with Gasteiger partial charge >= 0.3 is 0 Å². The number of carbonyl (C=O) groups excluding carboxylic acids is 4. The summed E-state index contributed by atoms with van der Waals surface area (Å²) in [5.74, 6) is 1.84. The van der Waals surface area contributed by atoms with Crippen LogP contribution in [0.4, 0.5) is 11.4 Å². The van der Waals surface area contributed by atoms with Crippen LogP contribution in [0.3, 0.4) is 0 Å². The third-order valence-electron chi connectivity index (χ3n) is 10.1. The number of hydrogen-bond acceptors (Lipinski definition) is 10. The van der Waals surface area contributed by atoms with Gasteiger partial charge in [0, 0.05) is 91.1 Å². The first-order valence-corrected chi connectivity index (χ1v) is 18.2. The highest BCUT2D eigenvalue weighted by Gasteiger charge is 2.29. The van der Waals surface area contributed by atoms with Crippen molar-refractivity contribution in [3.05, 3.63) is 48.5 Å². The van der Waals surface area contributed by atoms with Crippen molar-refractivity contribution >= 4 is 35.0 Å². The quantitative estimate of drug-likeness (QED) is 0.216. The molecule has 6 rings (SSSR count). The molecule has 0 bridgehead atoms. The Morgan fingerprint density at radius 3 is 1.12 bits per heavy atom. The lowest BCUT2D eigenvalue weighted by Gasteiger charge is -2.36. The van der Waals surface area contributed by atoms with Crippen LogP contribution in [0.1, 0.15) is 51.4 Å². The summed E-state index contributed by atoms with van der Waals surface area (Å²) in [7, 11) is 3.43. The van der Waals surface area contributed by atoms with E-state index in [0.717, 1.165) is 114 Å². The van der Waals surface area contributed by atoms with Gasteiger partial charge in [0.15, 0.2) is 0 Å². The van der Waals surface area contributed by atoms with Crippen molar-refractivity contribution < 1.29 is 28.7 Å². The molecule has 0 atom stereocenters. The normalized spacial score (nSPS) is 18.9. The van der Waals surface area contributed by atoms with Crippen molar-refractivity contribution in [3.8, 4) is 11.5 Å². The fourth-order valence-corrected chi connectivity index (χ4v) is 7.16. The van der Waals surface area contributed by atoms with Crippen LogP contribution < -0.4 is 19.3 Å². The predicted molar refractivity (Wildman–Crippen MR) is 194 cm³/mol. The monoisotopic (exact) mass is 690 g/mol. The first-order valence-electron chi connectivity index (χ1n) is 18.2. The number of benzene rings is 2. The van der Waals surface area contributed by atoms with Crippen molar-refractivity contribution in [2.24, 2.45) is 0 Å². The third kappa shape index (κ3) is 9.97. The number of likely N-dealkylation sites (tertiary alicyclic amines) is 2. The molecule has 50 heavy (non-hydrogen) atoms. The van der Waals surface area contributed by atoms with E-state index in [1.54, 1.807) is 14.2 Å². The molecule has 0 saturated carbocycles. The Bertz CT molecular complexity index is 1300. The number of imide groups is 2. The maximum Gasteiger partial charge on any atom is 0.229 e. The summed E-state index contributed by atoms with van der Waals surface area (Å²) in [6, 6.07) is 16.3. The first kappa shape index (κ1) is 37.1. The summed E-state index contributed by atoms with van der Waals surface area (Å²) in [6.45, 7) is 11.3. The fourth-order valence-electron chi connectivity index (χ4n) is 7.16. The van der Waals surface area contributed by atoms with Crippen LogP contribution in [0.25, 0.3) is 0 Å². The summed E-state index contributed by atoms with van der Waals surface area (Å²) < 4.78 is 10.9. The van der Waals surface area contributed by atoms with Crippen LogP contribution in [0.15, 0.2) is 48.5 Å². The van der Waals surface area contributed by atoms with Crippen LogP contribution >= 0.6 is 0 Å². The number of anilines is 2. The molecule has 0 N–H and O–H groups in total. The van der Waals surface area contributed by atoms with Crippen molar-refractivity contribution in [2.75, 3.05) is 103 Å². The van der Waals surface area contributed by atoms with E-state index in [-0.39, 0.29) is 23.6 Å². The van der Waals surface area contributed by atoms with Gasteiger partial charge in [-0.15, -0.1) is 0 Å². The molecule has 0 radical (unpaired) electrons. The number of unbranched alkanes of at least 4 members (excludes halogenated alkanes) is 2. The lowest BCUT2D eigenvalue weighted by molar-refractivity contribution is -0.140. The number of hydrogen-bond donors (Lipinski definition) is 0. The molecule has 4 saturated heterocycles. The average molecular weight is 691 g/mol. The van der Waals surface area contributed by atoms with E-state index in [2.05, 4.69) is 31.7 Å². The van der Waals surface area contributed by atoms with E-state index in [0.29, 0.717) is 38.8 Å². The zero-order valence-electron chi connectivity index (χ0n) is 29.9. The van der Waals surface area contributed by atoms with Crippen LogP contribution in [-0.4, -0.2) is 136 Å². The van der Waals surface area contributed by atoms with E-state index in [4.69, 9.17) is 9.47 Å². The molecule has 0 aromatic heterocycles. The van der Waals surface area contributed by atoms with Crippen molar-refractivity contribution in [3.63, 3.8) is 0 Å². The van der Waals surface area contributed by atoms with Crippen LogP contribution in [0, 0.1) is 0 Å². The van der Waals surface area contributed by atoms with Crippen molar-refractivity contribution in [1.29, 1.82) is 0 Å². The molecular weight excluding hydrogens is 636 g/mol. The number of methoxy groups -OCH3 is 2. The van der Waals surface area contributed by atoms with Gasteiger partial charge in [0.2, 0.25) is 23.6 Å². The van der Waals surface area contributed by atoms with E-state index < -0.39 is 0 Å². The molecule has 272 valence electrons. The van der Waals surface area contributed by atoms with Crippen LogP contribution in [0.2, 0.25) is 0 Å². The first-order chi connectivity index (χ1) is 24.4. The van der Waals surface area contributed by atoms with Gasteiger partial charge in [-0.05, 0) is 63.0 Å². The minimum atomic E-state index is -0.00424. The molecule has 0 unspecified atom stereocenters. The van der Waals surface area contributed by atoms with Gasteiger partial charge in [-0.1, -0.05) is 24.3 Å². The van der Waals surface area contributed by atoms with Gasteiger partial charge < -0.3 is 19.3 Å². The predicted octanol–water partition coefficient (Wildman–Crippen LogP) is 3.49. The lowest BCUT2D eigenvalue weighted by atomic mass is 10.2. The minimum Gasteiger partial charge on any atom is -0.495 e. The summed E-state index contributed by atoms with van der Waals surface area (Å²) in [4.78, 5) is 58.9. The lowest BCUT2D eigenvalue weighted by Crippen LogP contribution is -2.46. The second kappa shape index (κ2) is 18.7. The average Bonchev–Trinajstić information content (AvgIpc) is 3.66. The zero-order valence-corrected chi connectivity index (χ0v) is 29.9. The molecule has 4 amide bonds. The summed E-state index contributed by atoms with van der Waals surface area (Å²) in [5.41, 5.74) is 2.33. The van der Waals surface area contributed by atoms with Gasteiger partial charge in [0.1, 0.15) is 11.5 Å². The maximum absolute atomic E-state index is 11.6. The SMILES string of the molecule is COc1ccccc1N1CCN(CCCCN2C(=O)CCC2=O)CC1.COc1ccccc1N1CCN(CCCCN2C(=O)CCC2=O)CC1. The Kier molecular flexibility index (Phi) is 13.9. The van der Waals surface area contributed by atoms with Gasteiger partial charge in [0.05, 0.1) is 25.6 Å². The number of rotatable bonds is 14. The Labute approximate surface area is 296 Å². The van der Waals surface area contributed by atoms with Gasteiger partial charge in [-0.25, -0.2) is 0 Å². The second-order valence-corrected chi connectivity index (χ2v) is 13.3. The molecule has 2 aromatic carbocycles. The molecule has 4 heterocycles. The minimum absolute atomic E-state index is 0.00424. The van der Waals surface area contributed by atoms with E-state index in [1.807, 2.05) is 36.4 Å². The standard InChI is InChI=1S/2C19H27N3O3/c2*1-25-17-7-3-2-6-16(17)21-14-12-20(13-15-21)10-4-5-11-22-18(23)8-9-19(22)24/h2*2-3,6-7H,4-5,8-15H2,1H3. The molecule has 12 nitrogen and oxygen atoms in total. The third-order valence-corrected chi connectivity index (χ3v) is 10.1. The zero-order chi connectivity index (χ0) is 35.3. The number of carbonyl (C=O) groups is 4. The number of amides is 4. The van der Waals surface area contributed by atoms with Gasteiger partial charge in [-0.2, -0.15) is 0 Å². The van der Waals surface area contributed by atoms with Gasteiger partial charge in [-0.3, -0.25) is 38.8 Å². The molecule has 0 aliphatic carbocycles. The summed E-state index contributed by atoms with van der Waals surface area (Å²) in [5, 5.41) is 0. The highest BCUT2D eigenvalue weighted by molar-refractivity contribution is 6.02. The smallest absolute Gasteiger partial charge is 0.229 e. The Balaban J connectivity index is 0.000000194. The number of nitrogens with zero attached hydrogens (tertiary/aromatic N) is 6. The number of piperazine rings is 2. The Hall–Kier alpha value is -4.16. The highest BCUT2D eigenvalue weighted by Crippen LogP contribution is 2.29. The van der Waals surface area contributed by atoms with Crippen molar-refractivity contribution in [2.45, 2.75) is 51.4 Å². The molecule has 4 aliphatic rings. The van der Waals surface area contributed by atoms with Crippen molar-refractivity contribution in [1.82, 2.24) is 19.6 Å². The maximum atomic E-state index is 11.6. The Morgan fingerprint density at radius 2 is 0.780 bits per heavy atom. The second-order valence-electron chi connectivity index (χ2n) is 13.3. The van der Waals surface area contributed by atoms with E-state index >= 15 is 0 Å². The molecule has 4 fully saturated rings. The van der Waals surface area contributed by atoms with Gasteiger partial charge in [0.25, 0.3) is 0 Å². The molecule has 12 heteroatoms. The molecular formula is C38H54N6O6. The summed E-state index contributed by atoms with van der Waals surface area (Å²) >= 11 is 0. The number of ether oxygens (including phenoxy) is 2. The fraction of sp³-hybridized carbons (Fsp3) is 0.579. The molecule has 2 aromatic rings.